The van der Waals surface area contributed by atoms with E-state index in [1.165, 1.54) is 23.3 Å². The molecule has 21 heavy (non-hydrogen) atoms. The van der Waals surface area contributed by atoms with E-state index in [1.807, 2.05) is 0 Å². The fourth-order valence-corrected chi connectivity index (χ4v) is 4.44. The third-order valence-electron chi connectivity index (χ3n) is 4.74. The van der Waals surface area contributed by atoms with Gasteiger partial charge in [0.15, 0.2) is 0 Å². The molecule has 1 aromatic heterocycles. The lowest BCUT2D eigenvalue weighted by molar-refractivity contribution is -0.123. The Morgan fingerprint density at radius 2 is 2.38 bits per heavy atom. The van der Waals surface area contributed by atoms with Crippen LogP contribution in [0.2, 0.25) is 0 Å². The highest BCUT2D eigenvalue weighted by molar-refractivity contribution is 7.10. The summed E-state index contributed by atoms with van der Waals surface area (Å²) in [5.74, 6) is 0.321. The molecule has 1 saturated heterocycles. The predicted octanol–water partition coefficient (Wildman–Crippen LogP) is 3.10. The van der Waals surface area contributed by atoms with Gasteiger partial charge in [0.25, 0.3) is 0 Å². The maximum atomic E-state index is 12.5. The normalized spacial score (nSPS) is 28.3. The minimum absolute atomic E-state index is 0. The van der Waals surface area contributed by atoms with Crippen molar-refractivity contribution in [3.8, 4) is 0 Å². The summed E-state index contributed by atoms with van der Waals surface area (Å²) in [4.78, 5) is 13.9. The first-order valence-electron chi connectivity index (χ1n) is 7.73. The standard InChI is InChI=1S/C16H24N2OS.ClH/c1-16(7-3-8-17-10-16)11-18-15(19)13-4-2-5-14-12(13)6-9-20-14;/h6,9,13,17H,2-5,7-8,10-11H2,1H3,(H,18,19);1H. The lowest BCUT2D eigenvalue weighted by Crippen LogP contribution is -2.46. The first kappa shape index (κ1) is 16.8. The number of halogens is 1. The van der Waals surface area contributed by atoms with Crippen LogP contribution in [0.5, 0.6) is 0 Å². The van der Waals surface area contributed by atoms with Gasteiger partial charge in [0.1, 0.15) is 0 Å². The summed E-state index contributed by atoms with van der Waals surface area (Å²) in [6.45, 7) is 5.21. The van der Waals surface area contributed by atoms with Gasteiger partial charge in [0.05, 0.1) is 5.92 Å². The Hall–Kier alpha value is -0.580. The van der Waals surface area contributed by atoms with Gasteiger partial charge in [-0.05, 0) is 61.1 Å². The third-order valence-corrected chi connectivity index (χ3v) is 5.74. The van der Waals surface area contributed by atoms with Gasteiger partial charge in [-0.3, -0.25) is 4.79 Å². The molecule has 5 heteroatoms. The van der Waals surface area contributed by atoms with E-state index in [-0.39, 0.29) is 29.6 Å². The Morgan fingerprint density at radius 1 is 1.52 bits per heavy atom. The zero-order valence-corrected chi connectivity index (χ0v) is 14.2. The van der Waals surface area contributed by atoms with Crippen LogP contribution in [0.25, 0.3) is 0 Å². The molecule has 2 heterocycles. The van der Waals surface area contributed by atoms with Crippen molar-refractivity contribution in [2.75, 3.05) is 19.6 Å². The second-order valence-corrected chi connectivity index (χ2v) is 7.55. The van der Waals surface area contributed by atoms with Crippen LogP contribution in [-0.4, -0.2) is 25.5 Å². The Morgan fingerprint density at radius 3 is 3.14 bits per heavy atom. The number of carbonyl (C=O) groups is 1. The second kappa shape index (κ2) is 7.12. The number of hydrogen-bond acceptors (Lipinski definition) is 3. The molecule has 118 valence electrons. The number of rotatable bonds is 3. The fourth-order valence-electron chi connectivity index (χ4n) is 3.45. The lowest BCUT2D eigenvalue weighted by Gasteiger charge is -2.35. The van der Waals surface area contributed by atoms with Crippen molar-refractivity contribution in [1.29, 1.82) is 0 Å². The van der Waals surface area contributed by atoms with Crippen LogP contribution in [0, 0.1) is 5.41 Å². The smallest absolute Gasteiger partial charge is 0.227 e. The van der Waals surface area contributed by atoms with E-state index in [0.717, 1.165) is 38.9 Å². The Labute approximate surface area is 137 Å². The second-order valence-electron chi connectivity index (χ2n) is 6.55. The van der Waals surface area contributed by atoms with Crippen LogP contribution in [0.4, 0.5) is 0 Å². The third kappa shape index (κ3) is 3.79. The molecule has 0 bridgehead atoms. The maximum absolute atomic E-state index is 12.5. The molecule has 1 aliphatic carbocycles. The van der Waals surface area contributed by atoms with E-state index in [4.69, 9.17) is 0 Å². The molecule has 2 unspecified atom stereocenters. The minimum Gasteiger partial charge on any atom is -0.355 e. The van der Waals surface area contributed by atoms with Gasteiger partial charge in [-0.2, -0.15) is 0 Å². The van der Waals surface area contributed by atoms with E-state index in [1.54, 1.807) is 11.3 Å². The number of aryl methyl sites for hydroxylation is 1. The van der Waals surface area contributed by atoms with Gasteiger partial charge in [-0.1, -0.05) is 6.92 Å². The quantitative estimate of drug-likeness (QED) is 0.895. The SMILES string of the molecule is CC1(CNC(=O)C2CCCc3sccc32)CCCNC1.Cl. The Balaban J connectivity index is 0.00000161. The monoisotopic (exact) mass is 328 g/mol. The molecule has 1 fully saturated rings. The summed E-state index contributed by atoms with van der Waals surface area (Å²) in [7, 11) is 0. The molecule has 3 nitrogen and oxygen atoms in total. The van der Waals surface area contributed by atoms with Gasteiger partial charge in [-0.15, -0.1) is 23.7 Å². The number of carbonyl (C=O) groups excluding carboxylic acids is 1. The van der Waals surface area contributed by atoms with Crippen LogP contribution < -0.4 is 10.6 Å². The molecular formula is C16H25ClN2OS. The molecular weight excluding hydrogens is 304 g/mol. The molecule has 2 N–H and O–H groups in total. The number of hydrogen-bond donors (Lipinski definition) is 2. The summed E-state index contributed by atoms with van der Waals surface area (Å²) >= 11 is 1.80. The molecule has 1 amide bonds. The number of fused-ring (bicyclic) bond motifs is 1. The number of nitrogens with one attached hydrogen (secondary N) is 2. The molecule has 0 radical (unpaired) electrons. The molecule has 3 rings (SSSR count). The van der Waals surface area contributed by atoms with Crippen molar-refractivity contribution in [3.05, 3.63) is 21.9 Å². The molecule has 2 atom stereocenters. The van der Waals surface area contributed by atoms with E-state index in [2.05, 4.69) is 29.0 Å². The highest BCUT2D eigenvalue weighted by Crippen LogP contribution is 2.35. The predicted molar refractivity (Wildman–Crippen MR) is 90.5 cm³/mol. The van der Waals surface area contributed by atoms with Gasteiger partial charge >= 0.3 is 0 Å². The van der Waals surface area contributed by atoms with Crippen LogP contribution in [0.15, 0.2) is 11.4 Å². The highest BCUT2D eigenvalue weighted by atomic mass is 35.5. The van der Waals surface area contributed by atoms with Gasteiger partial charge in [0.2, 0.25) is 5.91 Å². The van der Waals surface area contributed by atoms with Crippen LogP contribution in [0.1, 0.15) is 49.0 Å². The van der Waals surface area contributed by atoms with E-state index < -0.39 is 0 Å². The largest absolute Gasteiger partial charge is 0.355 e. The molecule has 1 aromatic rings. The number of piperidine rings is 1. The summed E-state index contributed by atoms with van der Waals surface area (Å²) in [6, 6.07) is 2.15. The summed E-state index contributed by atoms with van der Waals surface area (Å²) in [5.41, 5.74) is 1.51. The fraction of sp³-hybridized carbons (Fsp3) is 0.688. The molecule has 0 spiro atoms. The van der Waals surface area contributed by atoms with E-state index >= 15 is 0 Å². The average Bonchev–Trinajstić information content (AvgIpc) is 2.94. The highest BCUT2D eigenvalue weighted by Gasteiger charge is 2.31. The Bertz CT molecular complexity index is 482. The van der Waals surface area contributed by atoms with Crippen molar-refractivity contribution in [2.45, 2.75) is 44.9 Å². The molecule has 0 aromatic carbocycles. The summed E-state index contributed by atoms with van der Waals surface area (Å²) < 4.78 is 0. The molecule has 2 aliphatic rings. The van der Waals surface area contributed by atoms with Gasteiger partial charge in [0, 0.05) is 18.0 Å². The summed E-state index contributed by atoms with van der Waals surface area (Å²) in [6.07, 6.45) is 5.71. The lowest BCUT2D eigenvalue weighted by atomic mass is 9.82. The topological polar surface area (TPSA) is 41.1 Å². The van der Waals surface area contributed by atoms with Crippen LogP contribution in [-0.2, 0) is 11.2 Å². The van der Waals surface area contributed by atoms with Crippen molar-refractivity contribution in [1.82, 2.24) is 10.6 Å². The minimum atomic E-state index is 0. The maximum Gasteiger partial charge on any atom is 0.227 e. The van der Waals surface area contributed by atoms with E-state index in [0.29, 0.717) is 0 Å². The first-order valence-corrected chi connectivity index (χ1v) is 8.61. The zero-order chi connectivity index (χ0) is 14.0. The van der Waals surface area contributed by atoms with Crippen molar-refractivity contribution in [3.63, 3.8) is 0 Å². The van der Waals surface area contributed by atoms with Crippen molar-refractivity contribution >= 4 is 29.7 Å². The average molecular weight is 329 g/mol. The summed E-state index contributed by atoms with van der Waals surface area (Å²) in [5, 5.41) is 8.79. The Kier molecular flexibility index (Phi) is 5.69. The molecule has 1 aliphatic heterocycles. The number of amides is 1. The van der Waals surface area contributed by atoms with Gasteiger partial charge < -0.3 is 10.6 Å². The molecule has 0 saturated carbocycles. The van der Waals surface area contributed by atoms with Gasteiger partial charge in [-0.25, -0.2) is 0 Å². The zero-order valence-electron chi connectivity index (χ0n) is 12.6. The van der Waals surface area contributed by atoms with Crippen molar-refractivity contribution < 1.29 is 4.79 Å². The van der Waals surface area contributed by atoms with Crippen molar-refractivity contribution in [2.24, 2.45) is 5.41 Å². The first-order chi connectivity index (χ1) is 9.68. The van der Waals surface area contributed by atoms with Crippen LogP contribution in [0.3, 0.4) is 0 Å². The number of thiophene rings is 1. The van der Waals surface area contributed by atoms with E-state index in [9.17, 15) is 4.79 Å². The van der Waals surface area contributed by atoms with Crippen LogP contribution >= 0.6 is 23.7 Å².